The quantitative estimate of drug-likeness (QED) is 0.692. The lowest BCUT2D eigenvalue weighted by atomic mass is 9.93. The first kappa shape index (κ1) is 20.7. The van der Waals surface area contributed by atoms with Gasteiger partial charge in [-0.2, -0.15) is 8.78 Å². The smallest absolute Gasteiger partial charge is 0.379 e. The molecule has 132 valence electrons. The Morgan fingerprint density at radius 2 is 1.96 bits per heavy atom. The van der Waals surface area contributed by atoms with Gasteiger partial charge in [-0.3, -0.25) is 0 Å². The van der Waals surface area contributed by atoms with E-state index in [2.05, 4.69) is 25.4 Å². The third kappa shape index (κ3) is 4.37. The van der Waals surface area contributed by atoms with Gasteiger partial charge in [0.1, 0.15) is 5.54 Å². The zero-order valence-corrected chi connectivity index (χ0v) is 16.8. The second-order valence-corrected chi connectivity index (χ2v) is 9.83. The summed E-state index contributed by atoms with van der Waals surface area (Å²) in [5, 5.41) is 1.62. The fourth-order valence-corrected chi connectivity index (χ4v) is 4.17. The standard InChI is InChI=1S/C14H20BrF2NO3S2/c1-6-21-11(19)14(16,17)13(5,10-7-9(15)8-22-10)18-23(20)12(2,3)4/h7-8,18H,6H2,1-5H3/t13-,23-/m1/s1. The summed E-state index contributed by atoms with van der Waals surface area (Å²) in [4.78, 5) is 12.0. The van der Waals surface area contributed by atoms with Gasteiger partial charge >= 0.3 is 11.9 Å². The zero-order chi connectivity index (χ0) is 18.1. The molecular weight excluding hydrogens is 412 g/mol. The molecule has 0 saturated carbocycles. The predicted octanol–water partition coefficient (Wildman–Crippen LogP) is 3.98. The van der Waals surface area contributed by atoms with Gasteiger partial charge in [-0.25, -0.2) is 13.7 Å². The van der Waals surface area contributed by atoms with Crippen LogP contribution in [0.4, 0.5) is 8.78 Å². The van der Waals surface area contributed by atoms with E-state index in [1.807, 2.05) is 0 Å². The van der Waals surface area contributed by atoms with Gasteiger partial charge in [0, 0.05) is 14.7 Å². The molecule has 1 aromatic rings. The summed E-state index contributed by atoms with van der Waals surface area (Å²) in [6, 6.07) is 1.48. The van der Waals surface area contributed by atoms with Crippen molar-refractivity contribution in [2.24, 2.45) is 0 Å². The van der Waals surface area contributed by atoms with Crippen molar-refractivity contribution in [3.05, 3.63) is 20.8 Å². The summed E-state index contributed by atoms with van der Waals surface area (Å²) >= 11 is 4.25. The number of alkyl halides is 2. The van der Waals surface area contributed by atoms with Gasteiger partial charge in [-0.05, 0) is 56.6 Å². The molecule has 0 aliphatic heterocycles. The number of hydrogen-bond donors (Lipinski definition) is 1. The third-order valence-corrected chi connectivity index (χ3v) is 6.69. The van der Waals surface area contributed by atoms with Gasteiger partial charge in [0.2, 0.25) is 0 Å². The van der Waals surface area contributed by atoms with Crippen molar-refractivity contribution in [3.8, 4) is 0 Å². The van der Waals surface area contributed by atoms with E-state index < -0.39 is 33.2 Å². The molecule has 1 heterocycles. The molecule has 0 aliphatic rings. The van der Waals surface area contributed by atoms with E-state index in [4.69, 9.17) is 0 Å². The summed E-state index contributed by atoms with van der Waals surface area (Å²) in [7, 11) is -1.81. The average molecular weight is 432 g/mol. The van der Waals surface area contributed by atoms with Crippen LogP contribution in [0.3, 0.4) is 0 Å². The average Bonchev–Trinajstić information content (AvgIpc) is 2.84. The van der Waals surface area contributed by atoms with Crippen LogP contribution in [0.1, 0.15) is 39.5 Å². The van der Waals surface area contributed by atoms with Crippen LogP contribution in [0.25, 0.3) is 0 Å². The molecule has 0 aliphatic carbocycles. The van der Waals surface area contributed by atoms with Crippen LogP contribution in [0, 0.1) is 0 Å². The minimum atomic E-state index is -3.89. The van der Waals surface area contributed by atoms with Crippen LogP contribution in [0.2, 0.25) is 0 Å². The lowest BCUT2D eigenvalue weighted by molar-refractivity contribution is -0.183. The Balaban J connectivity index is 3.37. The first-order valence-corrected chi connectivity index (χ1v) is 9.67. The molecule has 1 rings (SSSR count). The van der Waals surface area contributed by atoms with E-state index in [0.717, 1.165) is 18.3 Å². The Morgan fingerprint density at radius 3 is 2.35 bits per heavy atom. The highest BCUT2D eigenvalue weighted by atomic mass is 79.9. The number of nitrogens with one attached hydrogen (secondary N) is 1. The Hall–Kier alpha value is -0.380. The molecule has 9 heteroatoms. The van der Waals surface area contributed by atoms with Crippen LogP contribution in [0.5, 0.6) is 0 Å². The first-order valence-electron chi connectivity index (χ1n) is 6.85. The largest absolute Gasteiger partial charge is 0.461 e. The normalized spacial score (nSPS) is 16.7. The first-order chi connectivity index (χ1) is 10.4. The van der Waals surface area contributed by atoms with Gasteiger partial charge in [-0.15, -0.1) is 11.3 Å². The molecule has 0 bridgehead atoms. The van der Waals surface area contributed by atoms with E-state index in [-0.39, 0.29) is 11.5 Å². The molecule has 0 unspecified atom stereocenters. The van der Waals surface area contributed by atoms with Crippen molar-refractivity contribution in [1.82, 2.24) is 4.72 Å². The summed E-state index contributed by atoms with van der Waals surface area (Å²) in [5.74, 6) is -5.54. The second-order valence-electron chi connectivity index (χ2n) is 6.03. The summed E-state index contributed by atoms with van der Waals surface area (Å²) in [6.45, 7) is 7.41. The fraction of sp³-hybridized carbons (Fsp3) is 0.643. The maximum Gasteiger partial charge on any atom is 0.379 e. The summed E-state index contributed by atoms with van der Waals surface area (Å²) in [5.41, 5.74) is -2.16. The number of halogens is 3. The molecule has 2 atom stereocenters. The maximum absolute atomic E-state index is 14.8. The van der Waals surface area contributed by atoms with Crippen molar-refractivity contribution in [2.45, 2.75) is 50.8 Å². The Bertz CT molecular complexity index is 601. The van der Waals surface area contributed by atoms with Gasteiger partial charge < -0.3 is 4.74 Å². The lowest BCUT2D eigenvalue weighted by Gasteiger charge is -2.37. The number of esters is 1. The molecule has 4 nitrogen and oxygen atoms in total. The van der Waals surface area contributed by atoms with Gasteiger partial charge in [0.15, 0.2) is 0 Å². The van der Waals surface area contributed by atoms with E-state index in [0.29, 0.717) is 4.47 Å². The van der Waals surface area contributed by atoms with Crippen LogP contribution >= 0.6 is 27.3 Å². The zero-order valence-electron chi connectivity index (χ0n) is 13.5. The minimum absolute atomic E-state index is 0.166. The van der Waals surface area contributed by atoms with E-state index in [1.165, 1.54) is 13.0 Å². The predicted molar refractivity (Wildman–Crippen MR) is 92.0 cm³/mol. The lowest BCUT2D eigenvalue weighted by Crippen LogP contribution is -2.60. The van der Waals surface area contributed by atoms with Crippen LogP contribution < -0.4 is 4.72 Å². The Kier molecular flexibility index (Phi) is 6.51. The Labute approximate surface area is 149 Å². The second kappa shape index (κ2) is 7.25. The van der Waals surface area contributed by atoms with Crippen molar-refractivity contribution < 1.29 is 22.5 Å². The van der Waals surface area contributed by atoms with Crippen molar-refractivity contribution in [1.29, 1.82) is 0 Å². The number of ether oxygens (including phenoxy) is 1. The molecule has 0 fully saturated rings. The molecule has 0 saturated heterocycles. The maximum atomic E-state index is 14.8. The highest BCUT2D eigenvalue weighted by Gasteiger charge is 2.60. The van der Waals surface area contributed by atoms with Crippen LogP contribution in [0.15, 0.2) is 15.9 Å². The van der Waals surface area contributed by atoms with E-state index in [1.54, 1.807) is 26.2 Å². The van der Waals surface area contributed by atoms with E-state index in [9.17, 15) is 17.8 Å². The highest BCUT2D eigenvalue weighted by molar-refractivity contribution is 9.10. The highest BCUT2D eigenvalue weighted by Crippen LogP contribution is 2.43. The van der Waals surface area contributed by atoms with Gasteiger partial charge in [-0.1, -0.05) is 0 Å². The van der Waals surface area contributed by atoms with Gasteiger partial charge in [0.25, 0.3) is 0 Å². The molecule has 1 aromatic heterocycles. The molecule has 0 radical (unpaired) electrons. The molecular formula is C14H20BrF2NO3S2. The van der Waals surface area contributed by atoms with Gasteiger partial charge in [0.05, 0.1) is 22.3 Å². The summed E-state index contributed by atoms with van der Waals surface area (Å²) < 4.78 is 48.8. The van der Waals surface area contributed by atoms with Crippen molar-refractivity contribution in [3.63, 3.8) is 0 Å². The SMILES string of the molecule is CCOC(=O)C(F)(F)[C@](C)(N[S@](=O)C(C)(C)C)c1cc(Br)cs1. The molecule has 0 aromatic carbocycles. The molecule has 0 spiro atoms. The Morgan fingerprint density at radius 1 is 1.39 bits per heavy atom. The molecule has 1 N–H and O–H groups in total. The number of carbonyl (C=O) groups is 1. The van der Waals surface area contributed by atoms with Crippen molar-refractivity contribution in [2.75, 3.05) is 6.61 Å². The molecule has 23 heavy (non-hydrogen) atoms. The van der Waals surface area contributed by atoms with E-state index >= 15 is 0 Å². The number of carbonyl (C=O) groups excluding carboxylic acids is 1. The fourth-order valence-electron chi connectivity index (χ4n) is 1.61. The number of thiophene rings is 1. The third-order valence-electron chi connectivity index (χ3n) is 3.07. The number of hydrogen-bond acceptors (Lipinski definition) is 4. The van der Waals surface area contributed by atoms with Crippen molar-refractivity contribution >= 4 is 44.2 Å². The number of rotatable bonds is 6. The minimum Gasteiger partial charge on any atom is -0.461 e. The molecule has 0 amide bonds. The summed E-state index contributed by atoms with van der Waals surface area (Å²) in [6.07, 6.45) is 0. The van der Waals surface area contributed by atoms with Crippen LogP contribution in [-0.4, -0.2) is 27.5 Å². The van der Waals surface area contributed by atoms with Crippen LogP contribution in [-0.2, 0) is 26.1 Å². The monoisotopic (exact) mass is 431 g/mol. The topological polar surface area (TPSA) is 55.4 Å².